The van der Waals surface area contributed by atoms with Crippen molar-refractivity contribution in [1.82, 2.24) is 0 Å². The summed E-state index contributed by atoms with van der Waals surface area (Å²) in [6.07, 6.45) is 8.66. The molecule has 0 saturated heterocycles. The molecule has 1 aliphatic carbocycles. The van der Waals surface area contributed by atoms with Gasteiger partial charge in [0.15, 0.2) is 0 Å². The molecule has 1 aliphatic rings. The van der Waals surface area contributed by atoms with E-state index >= 15 is 0 Å². The van der Waals surface area contributed by atoms with E-state index < -0.39 is 0 Å². The molecule has 0 aliphatic heterocycles. The Hall–Kier alpha value is -0.560. The van der Waals surface area contributed by atoms with E-state index in [9.17, 15) is 0 Å². The number of allylic oxidation sites excluding steroid dienone is 2. The molecular formula is C9H15N. The molecule has 2 N–H and O–H groups in total. The maximum Gasteiger partial charge on any atom is 0.00791 e. The van der Waals surface area contributed by atoms with Gasteiger partial charge in [0.05, 0.1) is 0 Å². The normalized spacial score (nSPS) is 29.3. The van der Waals surface area contributed by atoms with Crippen molar-refractivity contribution in [2.45, 2.75) is 31.7 Å². The van der Waals surface area contributed by atoms with Crippen molar-refractivity contribution in [1.29, 1.82) is 0 Å². The van der Waals surface area contributed by atoms with Crippen LogP contribution in [0.5, 0.6) is 0 Å². The molecule has 1 saturated carbocycles. The molecule has 0 aromatic carbocycles. The van der Waals surface area contributed by atoms with Gasteiger partial charge in [-0.2, -0.15) is 0 Å². The van der Waals surface area contributed by atoms with Crippen LogP contribution in [0.1, 0.15) is 25.7 Å². The van der Waals surface area contributed by atoms with Gasteiger partial charge in [-0.1, -0.05) is 17.7 Å². The van der Waals surface area contributed by atoms with Gasteiger partial charge >= 0.3 is 0 Å². The van der Waals surface area contributed by atoms with Gasteiger partial charge in [0, 0.05) is 6.04 Å². The van der Waals surface area contributed by atoms with E-state index in [-0.39, 0.29) is 0 Å². The van der Waals surface area contributed by atoms with Crippen LogP contribution in [-0.4, -0.2) is 6.04 Å². The van der Waals surface area contributed by atoms with Crippen LogP contribution < -0.4 is 5.73 Å². The number of hydrogen-bond donors (Lipinski definition) is 1. The Kier molecular flexibility index (Phi) is 2.69. The molecule has 1 heteroatoms. The molecule has 1 nitrogen and oxygen atoms in total. The highest BCUT2D eigenvalue weighted by Crippen LogP contribution is 2.23. The first kappa shape index (κ1) is 7.55. The minimum atomic E-state index is 0.427. The minimum Gasteiger partial charge on any atom is -0.327 e. The van der Waals surface area contributed by atoms with Crippen molar-refractivity contribution in [2.75, 3.05) is 0 Å². The molecule has 0 aromatic rings. The largest absolute Gasteiger partial charge is 0.327 e. The first-order valence-corrected chi connectivity index (χ1v) is 3.87. The molecule has 0 amide bonds. The lowest BCUT2D eigenvalue weighted by Crippen LogP contribution is -2.13. The van der Waals surface area contributed by atoms with Gasteiger partial charge in [-0.25, -0.2) is 0 Å². The summed E-state index contributed by atoms with van der Waals surface area (Å²) in [6, 6.07) is 0.427. The van der Waals surface area contributed by atoms with Crippen molar-refractivity contribution in [2.24, 2.45) is 5.73 Å². The van der Waals surface area contributed by atoms with Crippen LogP contribution in [0.4, 0.5) is 0 Å². The van der Waals surface area contributed by atoms with Crippen molar-refractivity contribution in [3.8, 4) is 0 Å². The van der Waals surface area contributed by atoms with Gasteiger partial charge in [-0.05, 0) is 25.7 Å². The van der Waals surface area contributed by atoms with Gasteiger partial charge in [0.1, 0.15) is 0 Å². The van der Waals surface area contributed by atoms with E-state index in [4.69, 9.17) is 5.73 Å². The van der Waals surface area contributed by atoms with Gasteiger partial charge in [0.2, 0.25) is 0 Å². The summed E-state index contributed by atoms with van der Waals surface area (Å²) in [5.41, 5.74) is 7.25. The average Bonchev–Trinajstić information content (AvgIpc) is 2.31. The molecular weight excluding hydrogens is 122 g/mol. The van der Waals surface area contributed by atoms with Crippen LogP contribution in [-0.2, 0) is 0 Å². The zero-order chi connectivity index (χ0) is 7.40. The van der Waals surface area contributed by atoms with Crippen LogP contribution in [0.2, 0.25) is 0 Å². The fraction of sp³-hybridized carbons (Fsp3) is 0.556. The van der Waals surface area contributed by atoms with E-state index in [1.165, 1.54) is 18.4 Å². The van der Waals surface area contributed by atoms with Crippen molar-refractivity contribution in [3.05, 3.63) is 24.3 Å². The van der Waals surface area contributed by atoms with Crippen LogP contribution in [0.25, 0.3) is 0 Å². The zero-order valence-corrected chi connectivity index (χ0v) is 6.34. The maximum atomic E-state index is 5.73. The van der Waals surface area contributed by atoms with E-state index in [0.29, 0.717) is 6.04 Å². The highest BCUT2D eigenvalue weighted by Gasteiger charge is 2.13. The van der Waals surface area contributed by atoms with E-state index in [1.807, 2.05) is 6.08 Å². The van der Waals surface area contributed by atoms with Gasteiger partial charge in [0.25, 0.3) is 0 Å². The third-order valence-corrected chi connectivity index (χ3v) is 1.93. The molecule has 0 bridgehead atoms. The lowest BCUT2D eigenvalue weighted by molar-refractivity contribution is 0.711. The SMILES string of the molecule is C=CCC=C1CCC(N)C1. The monoisotopic (exact) mass is 137 g/mol. The molecule has 1 fully saturated rings. The summed E-state index contributed by atoms with van der Waals surface area (Å²) in [5.74, 6) is 0. The quantitative estimate of drug-likeness (QED) is 0.579. The Morgan fingerprint density at radius 1 is 1.70 bits per heavy atom. The molecule has 0 spiro atoms. The summed E-state index contributed by atoms with van der Waals surface area (Å²) in [4.78, 5) is 0. The fourth-order valence-electron chi connectivity index (χ4n) is 1.35. The molecule has 56 valence electrons. The number of hydrogen-bond acceptors (Lipinski definition) is 1. The van der Waals surface area contributed by atoms with Gasteiger partial charge in [-0.3, -0.25) is 0 Å². The van der Waals surface area contributed by atoms with Crippen LogP contribution >= 0.6 is 0 Å². The zero-order valence-electron chi connectivity index (χ0n) is 6.34. The molecule has 0 aromatic heterocycles. The predicted octanol–water partition coefficient (Wildman–Crippen LogP) is 2.00. The molecule has 1 unspecified atom stereocenters. The Morgan fingerprint density at radius 3 is 3.00 bits per heavy atom. The second-order valence-electron chi connectivity index (χ2n) is 2.89. The number of nitrogens with two attached hydrogens (primary N) is 1. The lowest BCUT2D eigenvalue weighted by Gasteiger charge is -1.95. The second-order valence-corrected chi connectivity index (χ2v) is 2.89. The van der Waals surface area contributed by atoms with Crippen molar-refractivity contribution >= 4 is 0 Å². The summed E-state index contributed by atoms with van der Waals surface area (Å²) >= 11 is 0. The topological polar surface area (TPSA) is 26.0 Å². The third-order valence-electron chi connectivity index (χ3n) is 1.93. The van der Waals surface area contributed by atoms with Crippen LogP contribution in [0.15, 0.2) is 24.3 Å². The van der Waals surface area contributed by atoms with Gasteiger partial charge in [-0.15, -0.1) is 6.58 Å². The predicted molar refractivity (Wildman–Crippen MR) is 44.7 cm³/mol. The first-order valence-electron chi connectivity index (χ1n) is 3.87. The highest BCUT2D eigenvalue weighted by molar-refractivity contribution is 5.10. The first-order chi connectivity index (χ1) is 4.83. The fourth-order valence-corrected chi connectivity index (χ4v) is 1.35. The third kappa shape index (κ3) is 1.99. The summed E-state index contributed by atoms with van der Waals surface area (Å²) in [7, 11) is 0. The number of rotatable bonds is 2. The molecule has 1 rings (SSSR count). The van der Waals surface area contributed by atoms with Crippen molar-refractivity contribution in [3.63, 3.8) is 0 Å². The molecule has 10 heavy (non-hydrogen) atoms. The van der Waals surface area contributed by atoms with Gasteiger partial charge < -0.3 is 5.73 Å². The lowest BCUT2D eigenvalue weighted by atomic mass is 10.2. The highest BCUT2D eigenvalue weighted by atomic mass is 14.6. The molecule has 0 heterocycles. The van der Waals surface area contributed by atoms with E-state index in [1.54, 1.807) is 0 Å². The Morgan fingerprint density at radius 2 is 2.50 bits per heavy atom. The summed E-state index contributed by atoms with van der Waals surface area (Å²) in [5, 5.41) is 0. The summed E-state index contributed by atoms with van der Waals surface area (Å²) < 4.78 is 0. The van der Waals surface area contributed by atoms with E-state index in [2.05, 4.69) is 12.7 Å². The minimum absolute atomic E-state index is 0.427. The van der Waals surface area contributed by atoms with Crippen LogP contribution in [0, 0.1) is 0 Å². The second kappa shape index (κ2) is 3.57. The Labute approximate surface area is 62.6 Å². The van der Waals surface area contributed by atoms with E-state index in [0.717, 1.165) is 12.8 Å². The smallest absolute Gasteiger partial charge is 0.00791 e. The Bertz CT molecular complexity index is 147. The molecule has 1 atom stereocenters. The molecule has 0 radical (unpaired) electrons. The average molecular weight is 137 g/mol. The van der Waals surface area contributed by atoms with Crippen molar-refractivity contribution < 1.29 is 0 Å². The maximum absolute atomic E-state index is 5.73. The van der Waals surface area contributed by atoms with Crippen LogP contribution in [0.3, 0.4) is 0 Å². The standard InChI is InChI=1S/C9H15N/c1-2-3-4-8-5-6-9(10)7-8/h2,4,9H,1,3,5-7,10H2. The summed E-state index contributed by atoms with van der Waals surface area (Å²) in [6.45, 7) is 3.66. The Balaban J connectivity index is 2.35.